The molecule has 4 heteroatoms. The maximum absolute atomic E-state index is 6.31. The highest BCUT2D eigenvalue weighted by molar-refractivity contribution is 9.10. The number of piperidine rings is 1. The molecule has 1 saturated heterocycles. The fourth-order valence-corrected chi connectivity index (χ4v) is 4.21. The Morgan fingerprint density at radius 3 is 2.77 bits per heavy atom. The van der Waals surface area contributed by atoms with Gasteiger partial charge in [0, 0.05) is 28.8 Å². The number of aryl methyl sites for hydroxylation is 1. The third-order valence-electron chi connectivity index (χ3n) is 5.57. The van der Waals surface area contributed by atoms with Gasteiger partial charge < -0.3 is 10.1 Å². The van der Waals surface area contributed by atoms with Crippen LogP contribution in [0.25, 0.3) is 0 Å². The number of aromatic nitrogens is 1. The molecule has 1 aromatic carbocycles. The van der Waals surface area contributed by atoms with Gasteiger partial charge in [-0.05, 0) is 74.0 Å². The van der Waals surface area contributed by atoms with Crippen LogP contribution in [-0.2, 0) is 6.42 Å². The molecule has 0 bridgehead atoms. The van der Waals surface area contributed by atoms with Crippen molar-refractivity contribution >= 4 is 15.9 Å². The Hall–Kier alpha value is -1.39. The lowest BCUT2D eigenvalue weighted by atomic mass is 9.74. The first-order valence-corrected chi connectivity index (χ1v) is 10.4. The number of ether oxygens (including phenoxy) is 1. The van der Waals surface area contributed by atoms with Crippen molar-refractivity contribution in [2.45, 2.75) is 57.6 Å². The fraction of sp³-hybridized carbons (Fsp3) is 0.500. The van der Waals surface area contributed by atoms with E-state index >= 15 is 0 Å². The summed E-state index contributed by atoms with van der Waals surface area (Å²) in [5.74, 6) is 1.54. The first-order valence-electron chi connectivity index (χ1n) is 9.63. The highest BCUT2D eigenvalue weighted by Crippen LogP contribution is 2.34. The second kappa shape index (κ2) is 9.01. The number of halogens is 1. The molecule has 2 heterocycles. The van der Waals surface area contributed by atoms with E-state index in [1.807, 2.05) is 42.7 Å². The van der Waals surface area contributed by atoms with Crippen molar-refractivity contribution in [2.24, 2.45) is 5.92 Å². The molecule has 2 atom stereocenters. The molecule has 1 N–H and O–H groups in total. The molecule has 2 aromatic rings. The normalized spacial score (nSPS) is 23.2. The molecular formula is C22H29BrN2O. The van der Waals surface area contributed by atoms with E-state index in [1.54, 1.807) is 0 Å². The smallest absolute Gasteiger partial charge is 0.119 e. The average Bonchev–Trinajstić information content (AvgIpc) is 2.65. The third-order valence-corrected chi connectivity index (χ3v) is 6.10. The molecule has 2 unspecified atom stereocenters. The zero-order valence-electron chi connectivity index (χ0n) is 15.7. The van der Waals surface area contributed by atoms with E-state index in [0.717, 1.165) is 36.0 Å². The molecule has 140 valence electrons. The van der Waals surface area contributed by atoms with E-state index in [-0.39, 0.29) is 11.6 Å². The summed E-state index contributed by atoms with van der Waals surface area (Å²) < 4.78 is 7.39. The van der Waals surface area contributed by atoms with Gasteiger partial charge in [-0.25, -0.2) is 0 Å². The van der Waals surface area contributed by atoms with Gasteiger partial charge in [0.25, 0.3) is 0 Å². The van der Waals surface area contributed by atoms with Crippen molar-refractivity contribution < 1.29 is 4.74 Å². The van der Waals surface area contributed by atoms with E-state index in [0.29, 0.717) is 5.92 Å². The Morgan fingerprint density at radius 1 is 1.27 bits per heavy atom. The van der Waals surface area contributed by atoms with Gasteiger partial charge in [-0.15, -0.1) is 0 Å². The molecule has 0 saturated carbocycles. The van der Waals surface area contributed by atoms with Crippen molar-refractivity contribution in [3.8, 4) is 5.75 Å². The lowest BCUT2D eigenvalue weighted by Gasteiger charge is -2.45. The van der Waals surface area contributed by atoms with Crippen LogP contribution >= 0.6 is 15.9 Å². The predicted molar refractivity (Wildman–Crippen MR) is 111 cm³/mol. The quantitative estimate of drug-likeness (QED) is 0.656. The molecular weight excluding hydrogens is 388 g/mol. The van der Waals surface area contributed by atoms with Crippen molar-refractivity contribution in [1.82, 2.24) is 10.3 Å². The minimum Gasteiger partial charge on any atom is -0.490 e. The SMILES string of the molecule is CC(C)C1(CCCc2cccnc2)CC(Oc2ccc(Br)cc2)CCN1. The zero-order valence-corrected chi connectivity index (χ0v) is 17.3. The highest BCUT2D eigenvalue weighted by Gasteiger charge is 2.39. The van der Waals surface area contributed by atoms with Crippen LogP contribution in [0.1, 0.15) is 45.1 Å². The Kier molecular flexibility index (Phi) is 6.71. The number of hydrogen-bond acceptors (Lipinski definition) is 3. The molecule has 1 fully saturated rings. The van der Waals surface area contributed by atoms with Crippen LogP contribution in [0.4, 0.5) is 0 Å². The molecule has 0 radical (unpaired) electrons. The molecule has 3 nitrogen and oxygen atoms in total. The Bertz CT molecular complexity index is 674. The van der Waals surface area contributed by atoms with Gasteiger partial charge in [-0.1, -0.05) is 35.8 Å². The average molecular weight is 417 g/mol. The van der Waals surface area contributed by atoms with E-state index in [1.165, 1.54) is 18.4 Å². The Labute approximate surface area is 165 Å². The summed E-state index contributed by atoms with van der Waals surface area (Å²) in [7, 11) is 0. The zero-order chi connectivity index (χ0) is 18.4. The fourth-order valence-electron chi connectivity index (χ4n) is 3.94. The number of rotatable bonds is 7. The van der Waals surface area contributed by atoms with Gasteiger partial charge >= 0.3 is 0 Å². The summed E-state index contributed by atoms with van der Waals surface area (Å²) in [6, 6.07) is 12.4. The monoisotopic (exact) mass is 416 g/mol. The van der Waals surface area contributed by atoms with Gasteiger partial charge in [-0.2, -0.15) is 0 Å². The molecule has 3 rings (SSSR count). The molecule has 1 aromatic heterocycles. The van der Waals surface area contributed by atoms with Crippen molar-refractivity contribution in [2.75, 3.05) is 6.54 Å². The molecule has 1 aliphatic heterocycles. The highest BCUT2D eigenvalue weighted by atomic mass is 79.9. The number of benzene rings is 1. The second-order valence-corrected chi connectivity index (χ2v) is 8.55. The van der Waals surface area contributed by atoms with E-state index in [9.17, 15) is 0 Å². The number of pyridine rings is 1. The minimum atomic E-state index is 0.153. The van der Waals surface area contributed by atoms with Gasteiger partial charge in [0.15, 0.2) is 0 Å². The number of hydrogen-bond donors (Lipinski definition) is 1. The lowest BCUT2D eigenvalue weighted by Crippen LogP contribution is -2.57. The number of nitrogens with one attached hydrogen (secondary N) is 1. The summed E-state index contributed by atoms with van der Waals surface area (Å²) >= 11 is 3.49. The van der Waals surface area contributed by atoms with Crippen molar-refractivity contribution in [1.29, 1.82) is 0 Å². The van der Waals surface area contributed by atoms with E-state index in [4.69, 9.17) is 4.74 Å². The largest absolute Gasteiger partial charge is 0.490 e. The maximum Gasteiger partial charge on any atom is 0.119 e. The molecule has 1 aliphatic rings. The maximum atomic E-state index is 6.31. The molecule has 0 amide bonds. The summed E-state index contributed by atoms with van der Waals surface area (Å²) in [4.78, 5) is 4.23. The van der Waals surface area contributed by atoms with Crippen molar-refractivity contribution in [3.63, 3.8) is 0 Å². The van der Waals surface area contributed by atoms with Crippen LogP contribution in [0.15, 0.2) is 53.3 Å². The summed E-state index contributed by atoms with van der Waals surface area (Å²) in [5.41, 5.74) is 1.48. The molecule has 0 spiro atoms. The van der Waals surface area contributed by atoms with Gasteiger partial charge in [-0.3, -0.25) is 4.98 Å². The molecule has 26 heavy (non-hydrogen) atoms. The standard InChI is InChI=1S/C22H29BrN2O/c1-17(2)22(12-3-5-18-6-4-13-24-16-18)15-21(11-14-25-22)26-20-9-7-19(23)8-10-20/h4,6-10,13,16-17,21,25H,3,5,11-12,14-15H2,1-2H3. The predicted octanol–water partition coefficient (Wildman–Crippen LogP) is 5.39. The van der Waals surface area contributed by atoms with Crippen LogP contribution in [0.5, 0.6) is 5.75 Å². The van der Waals surface area contributed by atoms with E-state index in [2.05, 4.69) is 46.1 Å². The van der Waals surface area contributed by atoms with Gasteiger partial charge in [0.05, 0.1) is 0 Å². The van der Waals surface area contributed by atoms with Crippen LogP contribution in [0.2, 0.25) is 0 Å². The minimum absolute atomic E-state index is 0.153. The molecule has 0 aliphatic carbocycles. The second-order valence-electron chi connectivity index (χ2n) is 7.64. The lowest BCUT2D eigenvalue weighted by molar-refractivity contribution is 0.0641. The summed E-state index contributed by atoms with van der Waals surface area (Å²) in [5, 5.41) is 3.84. The van der Waals surface area contributed by atoms with Crippen LogP contribution in [0.3, 0.4) is 0 Å². The van der Waals surface area contributed by atoms with Gasteiger partial charge in [0.2, 0.25) is 0 Å². The number of nitrogens with zero attached hydrogens (tertiary/aromatic N) is 1. The van der Waals surface area contributed by atoms with E-state index < -0.39 is 0 Å². The van der Waals surface area contributed by atoms with Crippen LogP contribution in [0, 0.1) is 5.92 Å². The summed E-state index contributed by atoms with van der Waals surface area (Å²) in [6.07, 6.45) is 9.64. The first kappa shape index (κ1) is 19.4. The topological polar surface area (TPSA) is 34.1 Å². The summed E-state index contributed by atoms with van der Waals surface area (Å²) in [6.45, 7) is 5.68. The van der Waals surface area contributed by atoms with Crippen molar-refractivity contribution in [3.05, 3.63) is 58.8 Å². The Balaban J connectivity index is 1.60. The van der Waals surface area contributed by atoms with Crippen LogP contribution in [-0.4, -0.2) is 23.2 Å². The van der Waals surface area contributed by atoms with Crippen LogP contribution < -0.4 is 10.1 Å². The first-order chi connectivity index (χ1) is 12.6. The Morgan fingerprint density at radius 2 is 2.08 bits per heavy atom. The third kappa shape index (κ3) is 5.08. The van der Waals surface area contributed by atoms with Gasteiger partial charge in [0.1, 0.15) is 11.9 Å².